The Morgan fingerprint density at radius 2 is 2.17 bits per heavy atom. The Kier molecular flexibility index (Phi) is 4.53. The van der Waals surface area contributed by atoms with Crippen molar-refractivity contribution in [2.24, 2.45) is 0 Å². The Hall–Kier alpha value is -1.16. The van der Waals surface area contributed by atoms with Crippen LogP contribution in [0.15, 0.2) is 18.2 Å². The fraction of sp³-hybridized carbons (Fsp3) is 0.571. The molecular weight excluding hydrogens is 236 g/mol. The van der Waals surface area contributed by atoms with E-state index in [0.717, 1.165) is 38.4 Å². The van der Waals surface area contributed by atoms with E-state index in [9.17, 15) is 8.78 Å². The molecule has 2 rings (SSSR count). The van der Waals surface area contributed by atoms with Crippen LogP contribution in [0.3, 0.4) is 0 Å². The number of anilines is 1. The molecule has 0 saturated carbocycles. The Morgan fingerprint density at radius 3 is 2.89 bits per heavy atom. The minimum Gasteiger partial charge on any atom is -0.382 e. The lowest BCUT2D eigenvalue weighted by Crippen LogP contribution is -2.34. The predicted molar refractivity (Wildman–Crippen MR) is 67.7 cm³/mol. The highest BCUT2D eigenvalue weighted by molar-refractivity contribution is 5.44. The standard InChI is InChI=1S/C14H19F2NO/c1-2-3-12-8-11(6-7-18-12)17-10-4-5-13(15)14(16)9-10/h4-5,9,11-12,17H,2-3,6-8H2,1H3. The summed E-state index contributed by atoms with van der Waals surface area (Å²) >= 11 is 0. The number of hydrogen-bond donors (Lipinski definition) is 1. The molecule has 100 valence electrons. The third kappa shape index (κ3) is 3.42. The summed E-state index contributed by atoms with van der Waals surface area (Å²) in [7, 11) is 0. The van der Waals surface area contributed by atoms with E-state index in [1.807, 2.05) is 0 Å². The van der Waals surface area contributed by atoms with Gasteiger partial charge in [-0.1, -0.05) is 13.3 Å². The minimum absolute atomic E-state index is 0.278. The first kappa shape index (κ1) is 13.3. The lowest BCUT2D eigenvalue weighted by atomic mass is 10.00. The van der Waals surface area contributed by atoms with Crippen LogP contribution in [0.1, 0.15) is 32.6 Å². The van der Waals surface area contributed by atoms with E-state index >= 15 is 0 Å². The first-order valence-corrected chi connectivity index (χ1v) is 6.52. The van der Waals surface area contributed by atoms with Crippen LogP contribution in [-0.2, 0) is 4.74 Å². The van der Waals surface area contributed by atoms with Crippen LogP contribution in [0.5, 0.6) is 0 Å². The van der Waals surface area contributed by atoms with Crippen LogP contribution < -0.4 is 5.32 Å². The van der Waals surface area contributed by atoms with E-state index in [0.29, 0.717) is 5.69 Å². The van der Waals surface area contributed by atoms with Gasteiger partial charge in [0.15, 0.2) is 11.6 Å². The van der Waals surface area contributed by atoms with Crippen LogP contribution in [0.4, 0.5) is 14.5 Å². The average Bonchev–Trinajstić information content (AvgIpc) is 2.35. The molecule has 0 amide bonds. The molecule has 4 heteroatoms. The van der Waals surface area contributed by atoms with Crippen molar-refractivity contribution in [3.8, 4) is 0 Å². The molecule has 1 saturated heterocycles. The molecule has 1 aliphatic rings. The van der Waals surface area contributed by atoms with Gasteiger partial charge in [0.2, 0.25) is 0 Å². The van der Waals surface area contributed by atoms with Crippen molar-refractivity contribution in [3.05, 3.63) is 29.8 Å². The number of rotatable bonds is 4. The normalized spacial score (nSPS) is 23.9. The van der Waals surface area contributed by atoms with E-state index in [2.05, 4.69) is 12.2 Å². The van der Waals surface area contributed by atoms with Crippen molar-refractivity contribution in [2.45, 2.75) is 44.8 Å². The highest BCUT2D eigenvalue weighted by Gasteiger charge is 2.21. The fourth-order valence-corrected chi connectivity index (χ4v) is 2.36. The Labute approximate surface area is 106 Å². The lowest BCUT2D eigenvalue weighted by molar-refractivity contribution is 0.00597. The quantitative estimate of drug-likeness (QED) is 0.885. The lowest BCUT2D eigenvalue weighted by Gasteiger charge is -2.30. The molecule has 1 aliphatic heterocycles. The summed E-state index contributed by atoms with van der Waals surface area (Å²) in [5, 5.41) is 3.25. The average molecular weight is 255 g/mol. The molecule has 0 aliphatic carbocycles. The number of benzene rings is 1. The Balaban J connectivity index is 1.93. The number of halogens is 2. The van der Waals surface area contributed by atoms with E-state index in [1.165, 1.54) is 6.07 Å². The van der Waals surface area contributed by atoms with Gasteiger partial charge >= 0.3 is 0 Å². The molecule has 0 bridgehead atoms. The molecule has 1 aromatic rings. The molecule has 1 N–H and O–H groups in total. The Morgan fingerprint density at radius 1 is 1.33 bits per heavy atom. The van der Waals surface area contributed by atoms with Gasteiger partial charge in [0.05, 0.1) is 6.10 Å². The zero-order valence-electron chi connectivity index (χ0n) is 10.6. The van der Waals surface area contributed by atoms with Gasteiger partial charge in [-0.3, -0.25) is 0 Å². The van der Waals surface area contributed by atoms with E-state index in [1.54, 1.807) is 6.07 Å². The minimum atomic E-state index is -0.809. The van der Waals surface area contributed by atoms with Gasteiger partial charge in [0.1, 0.15) is 0 Å². The maximum absolute atomic E-state index is 13.1. The Bertz CT molecular complexity index is 395. The van der Waals surface area contributed by atoms with Crippen LogP contribution in [0.25, 0.3) is 0 Å². The maximum atomic E-state index is 13.1. The fourth-order valence-electron chi connectivity index (χ4n) is 2.36. The maximum Gasteiger partial charge on any atom is 0.160 e. The molecule has 0 aromatic heterocycles. The molecule has 0 radical (unpaired) electrons. The van der Waals surface area contributed by atoms with Crippen molar-refractivity contribution < 1.29 is 13.5 Å². The molecule has 1 fully saturated rings. The SMILES string of the molecule is CCCC1CC(Nc2ccc(F)c(F)c2)CCO1. The molecular formula is C14H19F2NO. The van der Waals surface area contributed by atoms with Crippen molar-refractivity contribution in [3.63, 3.8) is 0 Å². The van der Waals surface area contributed by atoms with E-state index < -0.39 is 11.6 Å². The van der Waals surface area contributed by atoms with Gasteiger partial charge in [-0.25, -0.2) is 8.78 Å². The smallest absolute Gasteiger partial charge is 0.160 e. The van der Waals surface area contributed by atoms with Crippen LogP contribution >= 0.6 is 0 Å². The predicted octanol–water partition coefficient (Wildman–Crippen LogP) is 3.72. The first-order chi connectivity index (χ1) is 8.69. The summed E-state index contributed by atoms with van der Waals surface area (Å²) in [5.41, 5.74) is 0.635. The highest BCUT2D eigenvalue weighted by Crippen LogP contribution is 2.22. The van der Waals surface area contributed by atoms with E-state index in [-0.39, 0.29) is 12.1 Å². The third-order valence-electron chi connectivity index (χ3n) is 3.27. The van der Waals surface area contributed by atoms with Gasteiger partial charge in [-0.05, 0) is 31.4 Å². The van der Waals surface area contributed by atoms with Crippen molar-refractivity contribution in [1.29, 1.82) is 0 Å². The second-order valence-corrected chi connectivity index (χ2v) is 4.78. The zero-order valence-corrected chi connectivity index (χ0v) is 10.6. The van der Waals surface area contributed by atoms with Gasteiger partial charge in [0.25, 0.3) is 0 Å². The molecule has 1 aromatic carbocycles. The number of ether oxygens (including phenoxy) is 1. The zero-order chi connectivity index (χ0) is 13.0. The molecule has 2 atom stereocenters. The molecule has 0 spiro atoms. The van der Waals surface area contributed by atoms with Gasteiger partial charge in [-0.2, -0.15) is 0 Å². The first-order valence-electron chi connectivity index (χ1n) is 6.52. The second-order valence-electron chi connectivity index (χ2n) is 4.78. The summed E-state index contributed by atoms with van der Waals surface area (Å²) in [6, 6.07) is 4.21. The van der Waals surface area contributed by atoms with Gasteiger partial charge in [0, 0.05) is 24.4 Å². The summed E-state index contributed by atoms with van der Waals surface area (Å²) in [5.74, 6) is -1.62. The van der Waals surface area contributed by atoms with Gasteiger partial charge < -0.3 is 10.1 Å². The summed E-state index contributed by atoms with van der Waals surface area (Å²) in [6.45, 7) is 2.86. The largest absolute Gasteiger partial charge is 0.382 e. The number of hydrogen-bond acceptors (Lipinski definition) is 2. The monoisotopic (exact) mass is 255 g/mol. The topological polar surface area (TPSA) is 21.3 Å². The molecule has 2 unspecified atom stereocenters. The summed E-state index contributed by atoms with van der Waals surface area (Å²) in [4.78, 5) is 0. The summed E-state index contributed by atoms with van der Waals surface area (Å²) in [6.07, 6.45) is 4.26. The third-order valence-corrected chi connectivity index (χ3v) is 3.27. The van der Waals surface area contributed by atoms with Crippen molar-refractivity contribution in [2.75, 3.05) is 11.9 Å². The number of nitrogens with one attached hydrogen (secondary N) is 1. The molecule has 2 nitrogen and oxygen atoms in total. The van der Waals surface area contributed by atoms with Crippen molar-refractivity contribution in [1.82, 2.24) is 0 Å². The van der Waals surface area contributed by atoms with Gasteiger partial charge in [-0.15, -0.1) is 0 Å². The summed E-state index contributed by atoms with van der Waals surface area (Å²) < 4.78 is 31.6. The van der Waals surface area contributed by atoms with E-state index in [4.69, 9.17) is 4.74 Å². The van der Waals surface area contributed by atoms with Crippen LogP contribution in [0, 0.1) is 11.6 Å². The van der Waals surface area contributed by atoms with Crippen molar-refractivity contribution >= 4 is 5.69 Å². The molecule has 1 heterocycles. The highest BCUT2D eigenvalue weighted by atomic mass is 19.2. The second kappa shape index (κ2) is 6.14. The van der Waals surface area contributed by atoms with Crippen LogP contribution in [-0.4, -0.2) is 18.8 Å². The molecule has 18 heavy (non-hydrogen) atoms. The van der Waals surface area contributed by atoms with Crippen LogP contribution in [0.2, 0.25) is 0 Å².